The van der Waals surface area contributed by atoms with Gasteiger partial charge in [-0.05, 0) is 72.9 Å². The molecule has 216 valence electrons. The van der Waals surface area contributed by atoms with Gasteiger partial charge in [0.15, 0.2) is 6.61 Å². The molecule has 0 bridgehead atoms. The molecule has 3 amide bonds. The van der Waals surface area contributed by atoms with Crippen molar-refractivity contribution in [3.05, 3.63) is 71.6 Å². The first kappa shape index (κ1) is 28.6. The molecule has 3 aromatic rings. The molecule has 2 aliphatic rings. The highest BCUT2D eigenvalue weighted by Crippen LogP contribution is 2.35. The Balaban J connectivity index is 1.10. The highest BCUT2D eigenvalue weighted by molar-refractivity contribution is 7.94. The van der Waals surface area contributed by atoms with Gasteiger partial charge in [0.2, 0.25) is 0 Å². The highest BCUT2D eigenvalue weighted by atomic mass is 32.2. The van der Waals surface area contributed by atoms with Gasteiger partial charge in [-0.3, -0.25) is 18.7 Å². The summed E-state index contributed by atoms with van der Waals surface area (Å²) in [6.07, 6.45) is 2.84. The summed E-state index contributed by atoms with van der Waals surface area (Å²) in [4.78, 5) is 39.4. The van der Waals surface area contributed by atoms with E-state index < -0.39 is 21.8 Å². The van der Waals surface area contributed by atoms with Crippen LogP contribution in [-0.4, -0.2) is 63.8 Å². The lowest BCUT2D eigenvalue weighted by atomic mass is 9.96. The van der Waals surface area contributed by atoms with Crippen LogP contribution in [0.25, 0.3) is 0 Å². The summed E-state index contributed by atoms with van der Waals surface area (Å²) in [6.45, 7) is 1.76. The van der Waals surface area contributed by atoms with Gasteiger partial charge in [0, 0.05) is 31.9 Å². The molecule has 0 aliphatic carbocycles. The van der Waals surface area contributed by atoms with Gasteiger partial charge < -0.3 is 20.3 Å². The van der Waals surface area contributed by atoms with Gasteiger partial charge >= 0.3 is 11.8 Å². The van der Waals surface area contributed by atoms with Crippen LogP contribution in [0.1, 0.15) is 24.8 Å². The van der Waals surface area contributed by atoms with Gasteiger partial charge in [-0.15, -0.1) is 11.3 Å². The minimum atomic E-state index is -3.71. The van der Waals surface area contributed by atoms with Crippen LogP contribution in [0.4, 0.5) is 11.4 Å². The molecular weight excluding hydrogens is 564 g/mol. The van der Waals surface area contributed by atoms with E-state index in [1.807, 2.05) is 18.2 Å². The fourth-order valence-corrected chi connectivity index (χ4v) is 7.67. The molecule has 0 saturated carbocycles. The van der Waals surface area contributed by atoms with Crippen molar-refractivity contribution in [2.24, 2.45) is 5.92 Å². The quantitative estimate of drug-likeness (QED) is 0.385. The molecule has 1 saturated heterocycles. The number of fused-ring (bicyclic) bond motifs is 1. The summed E-state index contributed by atoms with van der Waals surface area (Å²) >= 11 is 1.16. The van der Waals surface area contributed by atoms with Gasteiger partial charge in [-0.25, -0.2) is 8.42 Å². The largest absolute Gasteiger partial charge is 0.484 e. The molecular formula is C29H32N4O6S2. The second kappa shape index (κ2) is 12.7. The molecule has 0 radical (unpaired) electrons. The van der Waals surface area contributed by atoms with E-state index >= 15 is 0 Å². The number of anilines is 2. The summed E-state index contributed by atoms with van der Waals surface area (Å²) in [5.74, 6) is -0.874. The number of benzene rings is 2. The number of carbonyl (C=O) groups is 3. The zero-order valence-corrected chi connectivity index (χ0v) is 24.1. The molecule has 2 aliphatic heterocycles. The number of likely N-dealkylation sites (tertiary alicyclic amines) is 1. The number of aryl methyl sites for hydroxylation is 1. The third-order valence-electron chi connectivity index (χ3n) is 7.29. The Bertz CT molecular complexity index is 1490. The van der Waals surface area contributed by atoms with Gasteiger partial charge in [-0.2, -0.15) is 0 Å². The molecule has 1 fully saturated rings. The van der Waals surface area contributed by atoms with Gasteiger partial charge in [-0.1, -0.05) is 30.3 Å². The fourth-order valence-electron chi connectivity index (χ4n) is 5.03. The molecule has 2 aromatic carbocycles. The van der Waals surface area contributed by atoms with Crippen molar-refractivity contribution in [2.45, 2.75) is 29.9 Å². The summed E-state index contributed by atoms with van der Waals surface area (Å²) in [5, 5.41) is 7.01. The number of para-hydroxylation sites is 1. The number of carbonyl (C=O) groups excluding carboxylic acids is 3. The number of ether oxygens (including phenoxy) is 1. The van der Waals surface area contributed by atoms with Crippen molar-refractivity contribution < 1.29 is 27.5 Å². The van der Waals surface area contributed by atoms with E-state index in [1.54, 1.807) is 52.7 Å². The van der Waals surface area contributed by atoms with Crippen molar-refractivity contribution >= 4 is 50.5 Å². The number of sulfonamides is 1. The molecule has 12 heteroatoms. The molecule has 1 aromatic heterocycles. The smallest absolute Gasteiger partial charge is 0.313 e. The van der Waals surface area contributed by atoms with Crippen LogP contribution < -0.4 is 19.7 Å². The Labute approximate surface area is 243 Å². The van der Waals surface area contributed by atoms with Crippen molar-refractivity contribution in [3.63, 3.8) is 0 Å². The van der Waals surface area contributed by atoms with E-state index in [2.05, 4.69) is 10.6 Å². The van der Waals surface area contributed by atoms with Crippen LogP contribution in [0.5, 0.6) is 5.75 Å². The topological polar surface area (TPSA) is 125 Å². The van der Waals surface area contributed by atoms with Crippen LogP contribution in [0, 0.1) is 5.92 Å². The number of piperidine rings is 1. The minimum absolute atomic E-state index is 0.0218. The van der Waals surface area contributed by atoms with E-state index in [-0.39, 0.29) is 22.6 Å². The first-order chi connectivity index (χ1) is 19.8. The Morgan fingerprint density at radius 2 is 1.73 bits per heavy atom. The van der Waals surface area contributed by atoms with Crippen LogP contribution in [-0.2, 0) is 30.8 Å². The average molecular weight is 597 g/mol. The maximum absolute atomic E-state index is 13.2. The number of thiophene rings is 1. The minimum Gasteiger partial charge on any atom is -0.484 e. The Hall–Kier alpha value is -3.90. The zero-order valence-electron chi connectivity index (χ0n) is 22.5. The van der Waals surface area contributed by atoms with Gasteiger partial charge in [0.1, 0.15) is 9.96 Å². The van der Waals surface area contributed by atoms with Gasteiger partial charge in [0.25, 0.3) is 15.9 Å². The summed E-state index contributed by atoms with van der Waals surface area (Å²) in [7, 11) is -3.71. The summed E-state index contributed by atoms with van der Waals surface area (Å²) in [6, 6.07) is 17.5. The van der Waals surface area contributed by atoms with E-state index in [9.17, 15) is 22.8 Å². The first-order valence-corrected chi connectivity index (χ1v) is 15.9. The molecule has 0 atom stereocenters. The molecule has 5 rings (SSSR count). The summed E-state index contributed by atoms with van der Waals surface area (Å²) < 4.78 is 33.6. The predicted molar refractivity (Wildman–Crippen MR) is 156 cm³/mol. The normalized spacial score (nSPS) is 15.6. The maximum atomic E-state index is 13.2. The molecule has 3 heterocycles. The number of nitrogens with zero attached hydrogens (tertiary/aromatic N) is 2. The second-order valence-corrected chi connectivity index (χ2v) is 13.1. The van der Waals surface area contributed by atoms with Crippen LogP contribution >= 0.6 is 11.3 Å². The standard InChI is InChI=1S/C29H32N4O6S2/c34-26(20-39-24-7-2-1-3-8-24)32-15-12-21(13-16-32)19-30-28(35)29(36)31-23-11-10-22-6-4-14-33(25(22)18-23)41(37,38)27-9-5-17-40-27/h1-3,5,7-11,17-18,21H,4,6,12-16,19-20H2,(H,30,35)(H,31,36). The van der Waals surface area contributed by atoms with E-state index in [0.29, 0.717) is 62.6 Å². The fraction of sp³-hybridized carbons (Fsp3) is 0.345. The molecule has 41 heavy (non-hydrogen) atoms. The Kier molecular flexibility index (Phi) is 8.89. The van der Waals surface area contributed by atoms with E-state index in [4.69, 9.17) is 4.74 Å². The van der Waals surface area contributed by atoms with Crippen molar-refractivity contribution in [2.75, 3.05) is 42.4 Å². The SMILES string of the molecule is O=C(NCC1CCN(C(=O)COc2ccccc2)CC1)C(=O)Nc1ccc2c(c1)N(S(=O)(=O)c1cccs1)CCC2. The van der Waals surface area contributed by atoms with Crippen LogP contribution in [0.15, 0.2) is 70.3 Å². The second-order valence-electron chi connectivity index (χ2n) is 10.0. The van der Waals surface area contributed by atoms with E-state index in [1.165, 1.54) is 4.31 Å². The summed E-state index contributed by atoms with van der Waals surface area (Å²) in [5.41, 5.74) is 1.73. The first-order valence-electron chi connectivity index (χ1n) is 13.6. The molecule has 2 N–H and O–H groups in total. The Morgan fingerprint density at radius 3 is 2.46 bits per heavy atom. The molecule has 0 spiro atoms. The van der Waals surface area contributed by atoms with Gasteiger partial charge in [0.05, 0.1) is 5.69 Å². The van der Waals surface area contributed by atoms with Crippen LogP contribution in [0.3, 0.4) is 0 Å². The monoisotopic (exact) mass is 596 g/mol. The third kappa shape index (κ3) is 6.88. The molecule has 10 nitrogen and oxygen atoms in total. The van der Waals surface area contributed by atoms with Crippen molar-refractivity contribution in [1.82, 2.24) is 10.2 Å². The average Bonchev–Trinajstić information content (AvgIpc) is 3.55. The molecule has 0 unspecified atom stereocenters. The van der Waals surface area contributed by atoms with Crippen molar-refractivity contribution in [1.29, 1.82) is 0 Å². The zero-order chi connectivity index (χ0) is 28.8. The number of hydrogen-bond acceptors (Lipinski definition) is 7. The lowest BCUT2D eigenvalue weighted by Gasteiger charge is -2.32. The number of hydrogen-bond donors (Lipinski definition) is 2. The number of rotatable bonds is 8. The van der Waals surface area contributed by atoms with E-state index in [0.717, 1.165) is 23.3 Å². The lowest BCUT2D eigenvalue weighted by molar-refractivity contribution is -0.136. The predicted octanol–water partition coefficient (Wildman–Crippen LogP) is 3.26. The number of nitrogens with one attached hydrogen (secondary N) is 2. The lowest BCUT2D eigenvalue weighted by Crippen LogP contribution is -2.44. The Morgan fingerprint density at radius 1 is 0.951 bits per heavy atom. The third-order valence-corrected chi connectivity index (χ3v) is 10.5. The highest BCUT2D eigenvalue weighted by Gasteiger charge is 2.30. The van der Waals surface area contributed by atoms with Crippen LogP contribution in [0.2, 0.25) is 0 Å². The number of amides is 3. The maximum Gasteiger partial charge on any atom is 0.313 e. The van der Waals surface area contributed by atoms with Crippen molar-refractivity contribution in [3.8, 4) is 5.75 Å².